The second-order valence-corrected chi connectivity index (χ2v) is 6.42. The van der Waals surface area contributed by atoms with Gasteiger partial charge in [0.1, 0.15) is 5.00 Å². The molecule has 1 heterocycles. The fourth-order valence-electron chi connectivity index (χ4n) is 2.21. The van der Waals surface area contributed by atoms with Gasteiger partial charge in [0.25, 0.3) is 5.91 Å². The molecule has 0 bridgehead atoms. The molecule has 0 unspecified atom stereocenters. The van der Waals surface area contributed by atoms with Gasteiger partial charge in [-0.3, -0.25) is 9.59 Å². The van der Waals surface area contributed by atoms with Crippen LogP contribution in [0, 0.1) is 5.92 Å². The van der Waals surface area contributed by atoms with E-state index < -0.39 is 0 Å². The molecule has 21 heavy (non-hydrogen) atoms. The number of nitrogen functional groups attached to an aromatic ring is 1. The van der Waals surface area contributed by atoms with Crippen LogP contribution >= 0.6 is 11.3 Å². The summed E-state index contributed by atoms with van der Waals surface area (Å²) in [6.45, 7) is 2.93. The highest BCUT2D eigenvalue weighted by Gasteiger charge is 2.34. The minimum absolute atomic E-state index is 0.0873. The van der Waals surface area contributed by atoms with Gasteiger partial charge in [-0.05, 0) is 19.3 Å². The fraction of sp³-hybridized carbons (Fsp3) is 0.600. The van der Waals surface area contributed by atoms with Gasteiger partial charge in [-0.2, -0.15) is 0 Å². The summed E-state index contributed by atoms with van der Waals surface area (Å²) < 4.78 is 0. The maximum atomic E-state index is 12.3. The Bertz CT molecular complexity index is 535. The zero-order valence-corrected chi connectivity index (χ0v) is 13.4. The second-order valence-electron chi connectivity index (χ2n) is 5.40. The van der Waals surface area contributed by atoms with Crippen molar-refractivity contribution in [3.8, 4) is 0 Å². The lowest BCUT2D eigenvalue weighted by atomic mass is 10.1. The number of unbranched alkanes of at least 4 members (excludes halogenated alkanes) is 2. The van der Waals surface area contributed by atoms with E-state index in [9.17, 15) is 9.59 Å². The Labute approximate surface area is 129 Å². The number of rotatable bonds is 8. The highest BCUT2D eigenvalue weighted by molar-refractivity contribution is 7.19. The van der Waals surface area contributed by atoms with Gasteiger partial charge in [0.15, 0.2) is 5.78 Å². The molecule has 6 heteroatoms. The molecule has 0 radical (unpaired) electrons. The first-order valence-electron chi connectivity index (χ1n) is 7.52. The Morgan fingerprint density at radius 2 is 2.05 bits per heavy atom. The van der Waals surface area contributed by atoms with Crippen LogP contribution in [0.1, 0.15) is 59.1 Å². The lowest BCUT2D eigenvalue weighted by Crippen LogP contribution is -2.20. The van der Waals surface area contributed by atoms with Crippen LogP contribution in [0.4, 0.5) is 10.7 Å². The molecular weight excluding hydrogens is 286 g/mol. The highest BCUT2D eigenvalue weighted by Crippen LogP contribution is 2.41. The average molecular weight is 309 g/mol. The molecule has 1 aliphatic rings. The van der Waals surface area contributed by atoms with E-state index in [1.807, 2.05) is 0 Å². The number of nitrogens with two attached hydrogens (primary N) is 1. The number of Topliss-reactive ketones (excluding diaryl/α,β-unsaturated/α-hetero) is 1. The van der Waals surface area contributed by atoms with Crippen LogP contribution in [0.3, 0.4) is 0 Å². The molecule has 0 atom stereocenters. The topological polar surface area (TPSA) is 84.2 Å². The van der Waals surface area contributed by atoms with Crippen molar-refractivity contribution in [2.75, 3.05) is 24.6 Å². The molecule has 116 valence electrons. The molecule has 0 aromatic carbocycles. The number of hydrogen-bond acceptors (Lipinski definition) is 5. The molecule has 5 nitrogen and oxygen atoms in total. The van der Waals surface area contributed by atoms with E-state index >= 15 is 0 Å². The number of nitrogens with one attached hydrogen (secondary N) is 2. The van der Waals surface area contributed by atoms with E-state index in [1.165, 1.54) is 11.3 Å². The normalized spacial score (nSPS) is 14.0. The smallest absolute Gasteiger partial charge is 0.256 e. The van der Waals surface area contributed by atoms with Crippen LogP contribution in [-0.4, -0.2) is 25.3 Å². The van der Waals surface area contributed by atoms with Crippen molar-refractivity contribution in [2.45, 2.75) is 39.0 Å². The van der Waals surface area contributed by atoms with Crippen LogP contribution in [0.15, 0.2) is 0 Å². The van der Waals surface area contributed by atoms with E-state index in [0.29, 0.717) is 21.1 Å². The number of carbonyl (C=O) groups is 2. The van der Waals surface area contributed by atoms with Gasteiger partial charge in [0.05, 0.1) is 16.1 Å². The third-order valence-corrected chi connectivity index (χ3v) is 4.81. The van der Waals surface area contributed by atoms with Gasteiger partial charge in [-0.15, -0.1) is 11.3 Å². The first kappa shape index (κ1) is 15.8. The zero-order valence-electron chi connectivity index (χ0n) is 12.6. The minimum Gasteiger partial charge on any atom is -0.397 e. The molecular formula is C15H23N3O2S. The van der Waals surface area contributed by atoms with E-state index in [-0.39, 0.29) is 17.6 Å². The SMILES string of the molecule is CCCCCNc1sc(C(=O)C2CC2)c(N)c1C(=O)NC. The van der Waals surface area contributed by atoms with Gasteiger partial charge in [0, 0.05) is 19.5 Å². The molecule has 0 spiro atoms. The summed E-state index contributed by atoms with van der Waals surface area (Å²) in [5.41, 5.74) is 6.81. The van der Waals surface area contributed by atoms with Gasteiger partial charge >= 0.3 is 0 Å². The maximum absolute atomic E-state index is 12.3. The monoisotopic (exact) mass is 309 g/mol. The predicted octanol–water partition coefficient (Wildman–Crippen LogP) is 2.88. The molecule has 1 amide bonds. The summed E-state index contributed by atoms with van der Waals surface area (Å²) in [5.74, 6) is -0.0442. The van der Waals surface area contributed by atoms with E-state index in [1.54, 1.807) is 7.05 Å². The molecule has 1 aliphatic carbocycles. The Morgan fingerprint density at radius 3 is 2.62 bits per heavy atom. The van der Waals surface area contributed by atoms with Crippen molar-refractivity contribution in [3.63, 3.8) is 0 Å². The third-order valence-electron chi connectivity index (χ3n) is 3.64. The van der Waals surface area contributed by atoms with Crippen LogP contribution in [0.25, 0.3) is 0 Å². The van der Waals surface area contributed by atoms with Crippen molar-refractivity contribution < 1.29 is 9.59 Å². The summed E-state index contributed by atoms with van der Waals surface area (Å²) >= 11 is 1.32. The standard InChI is InChI=1S/C15H23N3O2S/c1-3-4-5-8-18-15-10(14(20)17-2)11(16)13(21-15)12(19)9-6-7-9/h9,18H,3-8,16H2,1-2H3,(H,17,20). The quantitative estimate of drug-likeness (QED) is 0.509. The molecule has 0 aliphatic heterocycles. The molecule has 0 saturated heterocycles. The number of thiophene rings is 1. The highest BCUT2D eigenvalue weighted by atomic mass is 32.1. The Hall–Kier alpha value is -1.56. The first-order valence-corrected chi connectivity index (χ1v) is 8.34. The molecule has 4 N–H and O–H groups in total. The summed E-state index contributed by atoms with van der Waals surface area (Å²) in [5, 5.41) is 6.58. The number of hydrogen-bond donors (Lipinski definition) is 3. The molecule has 1 aromatic rings. The van der Waals surface area contributed by atoms with Crippen LogP contribution < -0.4 is 16.4 Å². The summed E-state index contributed by atoms with van der Waals surface area (Å²) in [6, 6.07) is 0. The van der Waals surface area contributed by atoms with Gasteiger partial charge < -0.3 is 16.4 Å². The van der Waals surface area contributed by atoms with Crippen molar-refractivity contribution >= 4 is 33.7 Å². The van der Waals surface area contributed by atoms with E-state index in [2.05, 4.69) is 17.6 Å². The van der Waals surface area contributed by atoms with Crippen LogP contribution in [0.2, 0.25) is 0 Å². The van der Waals surface area contributed by atoms with Crippen LogP contribution in [0.5, 0.6) is 0 Å². The minimum atomic E-state index is -0.239. The van der Waals surface area contributed by atoms with Crippen molar-refractivity contribution in [1.82, 2.24) is 5.32 Å². The van der Waals surface area contributed by atoms with Crippen LogP contribution in [-0.2, 0) is 0 Å². The molecule has 1 aromatic heterocycles. The average Bonchev–Trinajstić information content (AvgIpc) is 3.27. The Kier molecular flexibility index (Phi) is 5.22. The lowest BCUT2D eigenvalue weighted by molar-refractivity contribution is 0.0964. The number of carbonyl (C=O) groups excluding carboxylic acids is 2. The molecule has 1 fully saturated rings. The number of amides is 1. The molecule has 1 saturated carbocycles. The predicted molar refractivity (Wildman–Crippen MR) is 87.2 cm³/mol. The van der Waals surface area contributed by atoms with Gasteiger partial charge in [-0.25, -0.2) is 0 Å². The Morgan fingerprint density at radius 1 is 1.33 bits per heavy atom. The van der Waals surface area contributed by atoms with E-state index in [0.717, 1.165) is 38.6 Å². The second kappa shape index (κ2) is 6.93. The van der Waals surface area contributed by atoms with E-state index in [4.69, 9.17) is 5.73 Å². The zero-order chi connectivity index (χ0) is 15.4. The van der Waals surface area contributed by atoms with Crippen molar-refractivity contribution in [1.29, 1.82) is 0 Å². The largest absolute Gasteiger partial charge is 0.397 e. The Balaban J connectivity index is 2.21. The first-order chi connectivity index (χ1) is 10.1. The number of ketones is 1. The summed E-state index contributed by atoms with van der Waals surface area (Å²) in [6.07, 6.45) is 5.18. The third kappa shape index (κ3) is 3.56. The lowest BCUT2D eigenvalue weighted by Gasteiger charge is -2.06. The van der Waals surface area contributed by atoms with Crippen molar-refractivity contribution in [3.05, 3.63) is 10.4 Å². The van der Waals surface area contributed by atoms with Crippen molar-refractivity contribution in [2.24, 2.45) is 5.92 Å². The summed E-state index contributed by atoms with van der Waals surface area (Å²) in [4.78, 5) is 24.8. The molecule has 2 rings (SSSR count). The van der Waals surface area contributed by atoms with Gasteiger partial charge in [0.2, 0.25) is 0 Å². The number of anilines is 2. The fourth-order valence-corrected chi connectivity index (χ4v) is 3.37. The van der Waals surface area contributed by atoms with Gasteiger partial charge in [-0.1, -0.05) is 19.8 Å². The summed E-state index contributed by atoms with van der Waals surface area (Å²) in [7, 11) is 1.57. The maximum Gasteiger partial charge on any atom is 0.256 e.